The minimum atomic E-state index is -3.97. The second-order valence-corrected chi connectivity index (χ2v) is 7.76. The van der Waals surface area contributed by atoms with Crippen molar-refractivity contribution in [3.05, 3.63) is 44.1 Å². The number of anilines is 1. The molecule has 1 heterocycles. The Morgan fingerprint density at radius 1 is 1.29 bits per heavy atom. The summed E-state index contributed by atoms with van der Waals surface area (Å²) in [5, 5.41) is 9.22. The molecule has 0 saturated carbocycles. The van der Waals surface area contributed by atoms with Crippen molar-refractivity contribution in [3.63, 3.8) is 0 Å². The number of sulfonamides is 1. The van der Waals surface area contributed by atoms with Crippen LogP contribution < -0.4 is 4.72 Å². The van der Waals surface area contributed by atoms with E-state index < -0.39 is 16.0 Å². The molecule has 21 heavy (non-hydrogen) atoms. The Hall–Kier alpha value is -1.28. The third-order valence-corrected chi connectivity index (χ3v) is 5.85. The standard InChI is InChI=1S/C12H9Cl2NO4S2/c1-6-10(5-9(20-6)12(16)17)21(18,19)15-11-7(13)3-2-4-8(11)14/h2-5,15H,1H3,(H,16,17). The number of nitrogens with one attached hydrogen (secondary N) is 1. The summed E-state index contributed by atoms with van der Waals surface area (Å²) < 4.78 is 27.0. The number of rotatable bonds is 4. The van der Waals surface area contributed by atoms with Crippen molar-refractivity contribution in [1.29, 1.82) is 0 Å². The molecule has 1 aromatic heterocycles. The minimum Gasteiger partial charge on any atom is -0.477 e. The van der Waals surface area contributed by atoms with Crippen molar-refractivity contribution < 1.29 is 18.3 Å². The third kappa shape index (κ3) is 3.32. The maximum absolute atomic E-state index is 12.3. The molecular weight excluding hydrogens is 357 g/mol. The van der Waals surface area contributed by atoms with Gasteiger partial charge in [-0.1, -0.05) is 29.3 Å². The summed E-state index contributed by atoms with van der Waals surface area (Å²) in [5.41, 5.74) is 0.0586. The molecule has 0 amide bonds. The summed E-state index contributed by atoms with van der Waals surface area (Å²) in [6.07, 6.45) is 0. The Balaban J connectivity index is 2.46. The number of hydrogen-bond acceptors (Lipinski definition) is 4. The average Bonchev–Trinajstić information content (AvgIpc) is 2.77. The van der Waals surface area contributed by atoms with Crippen LogP contribution in [0.3, 0.4) is 0 Å². The van der Waals surface area contributed by atoms with E-state index in [1.54, 1.807) is 6.07 Å². The maximum Gasteiger partial charge on any atom is 0.345 e. The number of aromatic carboxylic acids is 1. The average molecular weight is 366 g/mol. The van der Waals surface area contributed by atoms with Gasteiger partial charge in [0.1, 0.15) is 9.77 Å². The van der Waals surface area contributed by atoms with Crippen molar-refractivity contribution in [2.45, 2.75) is 11.8 Å². The van der Waals surface area contributed by atoms with Crippen LogP contribution in [0.25, 0.3) is 0 Å². The summed E-state index contributed by atoms with van der Waals surface area (Å²) in [7, 11) is -3.97. The highest BCUT2D eigenvalue weighted by molar-refractivity contribution is 7.93. The molecule has 1 aromatic carbocycles. The SMILES string of the molecule is Cc1sc(C(=O)O)cc1S(=O)(=O)Nc1c(Cl)cccc1Cl. The molecule has 2 aromatic rings. The van der Waals surface area contributed by atoms with Crippen LogP contribution in [0.2, 0.25) is 10.0 Å². The number of para-hydroxylation sites is 1. The van der Waals surface area contributed by atoms with Crippen LogP contribution in [0.5, 0.6) is 0 Å². The van der Waals surface area contributed by atoms with E-state index in [1.165, 1.54) is 19.1 Å². The second-order valence-electron chi connectivity index (χ2n) is 4.04. The molecule has 0 saturated heterocycles. The van der Waals surface area contributed by atoms with Gasteiger partial charge in [-0.25, -0.2) is 13.2 Å². The van der Waals surface area contributed by atoms with Crippen LogP contribution >= 0.6 is 34.5 Å². The van der Waals surface area contributed by atoms with E-state index >= 15 is 0 Å². The second kappa shape index (κ2) is 5.84. The van der Waals surface area contributed by atoms with Gasteiger partial charge in [0.15, 0.2) is 0 Å². The van der Waals surface area contributed by atoms with Crippen LogP contribution in [0.4, 0.5) is 5.69 Å². The lowest BCUT2D eigenvalue weighted by Gasteiger charge is -2.10. The van der Waals surface area contributed by atoms with E-state index in [0.717, 1.165) is 17.4 Å². The zero-order valence-corrected chi connectivity index (χ0v) is 13.7. The lowest BCUT2D eigenvalue weighted by Crippen LogP contribution is -2.14. The molecule has 0 atom stereocenters. The van der Waals surface area contributed by atoms with Gasteiger partial charge in [-0.2, -0.15) is 0 Å². The van der Waals surface area contributed by atoms with E-state index in [2.05, 4.69) is 4.72 Å². The summed E-state index contributed by atoms with van der Waals surface area (Å²) in [6, 6.07) is 5.68. The summed E-state index contributed by atoms with van der Waals surface area (Å²) in [4.78, 5) is 11.1. The first kappa shape index (κ1) is 16.1. The molecule has 9 heteroatoms. The molecule has 0 unspecified atom stereocenters. The van der Waals surface area contributed by atoms with Gasteiger partial charge in [0.2, 0.25) is 0 Å². The fourth-order valence-electron chi connectivity index (χ4n) is 1.62. The lowest BCUT2D eigenvalue weighted by molar-refractivity contribution is 0.0702. The molecule has 2 N–H and O–H groups in total. The summed E-state index contributed by atoms with van der Waals surface area (Å²) >= 11 is 12.7. The van der Waals surface area contributed by atoms with Crippen LogP contribution in [0.15, 0.2) is 29.2 Å². The van der Waals surface area contributed by atoms with Gasteiger partial charge < -0.3 is 5.11 Å². The van der Waals surface area contributed by atoms with Crippen molar-refractivity contribution in [2.75, 3.05) is 4.72 Å². The summed E-state index contributed by atoms with van der Waals surface area (Å²) in [6.45, 7) is 1.53. The quantitative estimate of drug-likeness (QED) is 0.861. The Labute approximate surface area is 135 Å². The van der Waals surface area contributed by atoms with E-state index in [0.29, 0.717) is 4.88 Å². The number of carbonyl (C=O) groups is 1. The van der Waals surface area contributed by atoms with Crippen LogP contribution in [0, 0.1) is 6.92 Å². The Morgan fingerprint density at radius 2 is 1.86 bits per heavy atom. The molecule has 2 rings (SSSR count). The van der Waals surface area contributed by atoms with Gasteiger partial charge in [-0.3, -0.25) is 4.72 Å². The molecule has 0 radical (unpaired) electrons. The maximum atomic E-state index is 12.3. The number of aryl methyl sites for hydroxylation is 1. The highest BCUT2D eigenvalue weighted by Gasteiger charge is 2.23. The first-order valence-electron chi connectivity index (χ1n) is 5.53. The van der Waals surface area contributed by atoms with Gasteiger partial charge in [-0.05, 0) is 25.1 Å². The number of carboxylic acids is 1. The van der Waals surface area contributed by atoms with Gasteiger partial charge in [0, 0.05) is 4.88 Å². The largest absolute Gasteiger partial charge is 0.477 e. The van der Waals surface area contributed by atoms with Crippen LogP contribution in [-0.2, 0) is 10.0 Å². The van der Waals surface area contributed by atoms with Gasteiger partial charge >= 0.3 is 5.97 Å². The van der Waals surface area contributed by atoms with Crippen LogP contribution in [-0.4, -0.2) is 19.5 Å². The number of halogens is 2. The predicted octanol–water partition coefficient (Wildman–Crippen LogP) is 3.86. The Bertz CT molecular complexity index is 794. The van der Waals surface area contributed by atoms with Crippen LogP contribution in [0.1, 0.15) is 14.5 Å². The zero-order valence-electron chi connectivity index (χ0n) is 10.6. The fraction of sp³-hybridized carbons (Fsp3) is 0.0833. The highest BCUT2D eigenvalue weighted by atomic mass is 35.5. The third-order valence-electron chi connectivity index (χ3n) is 2.57. The molecule has 0 fully saturated rings. The molecule has 0 aliphatic rings. The van der Waals surface area contributed by atoms with Crippen molar-refractivity contribution >= 4 is 56.2 Å². The number of benzene rings is 1. The first-order chi connectivity index (χ1) is 9.72. The van der Waals surface area contributed by atoms with E-state index in [1.807, 2.05) is 0 Å². The number of carboxylic acid groups (broad SMARTS) is 1. The molecule has 0 aliphatic carbocycles. The van der Waals surface area contributed by atoms with Gasteiger partial charge in [-0.15, -0.1) is 11.3 Å². The van der Waals surface area contributed by atoms with Crippen molar-refractivity contribution in [2.24, 2.45) is 0 Å². The monoisotopic (exact) mass is 365 g/mol. The van der Waals surface area contributed by atoms with E-state index in [9.17, 15) is 13.2 Å². The predicted molar refractivity (Wildman–Crippen MR) is 83.3 cm³/mol. The lowest BCUT2D eigenvalue weighted by atomic mass is 10.3. The van der Waals surface area contributed by atoms with E-state index in [-0.39, 0.29) is 25.5 Å². The Morgan fingerprint density at radius 3 is 2.33 bits per heavy atom. The molecule has 0 aliphatic heterocycles. The number of hydrogen-bond donors (Lipinski definition) is 2. The molecule has 0 bridgehead atoms. The zero-order chi connectivity index (χ0) is 15.8. The summed E-state index contributed by atoms with van der Waals surface area (Å²) in [5.74, 6) is -1.18. The number of thiophene rings is 1. The molecule has 112 valence electrons. The minimum absolute atomic E-state index is 0.0573. The molecule has 5 nitrogen and oxygen atoms in total. The topological polar surface area (TPSA) is 83.5 Å². The first-order valence-corrected chi connectivity index (χ1v) is 8.58. The molecule has 0 spiro atoms. The van der Waals surface area contributed by atoms with Crippen molar-refractivity contribution in [3.8, 4) is 0 Å². The smallest absolute Gasteiger partial charge is 0.345 e. The normalized spacial score (nSPS) is 11.4. The van der Waals surface area contributed by atoms with Crippen molar-refractivity contribution in [1.82, 2.24) is 0 Å². The Kier molecular flexibility index (Phi) is 4.48. The van der Waals surface area contributed by atoms with Gasteiger partial charge in [0.05, 0.1) is 15.7 Å². The van der Waals surface area contributed by atoms with Gasteiger partial charge in [0.25, 0.3) is 10.0 Å². The fourth-order valence-corrected chi connectivity index (χ4v) is 4.76. The molecular formula is C12H9Cl2NO4S2. The van der Waals surface area contributed by atoms with E-state index in [4.69, 9.17) is 28.3 Å². The highest BCUT2D eigenvalue weighted by Crippen LogP contribution is 2.33.